The lowest BCUT2D eigenvalue weighted by molar-refractivity contribution is 0.176. The predicted octanol–water partition coefficient (Wildman–Crippen LogP) is -0.460. The Morgan fingerprint density at radius 2 is 2.57 bits per heavy atom. The molecule has 0 aromatic carbocycles. The molecule has 0 saturated carbocycles. The van der Waals surface area contributed by atoms with E-state index in [9.17, 15) is 5.11 Å². The maximum atomic E-state index is 9.21. The number of rotatable bonds is 2. The van der Waals surface area contributed by atoms with E-state index in [1.165, 1.54) is 0 Å². The van der Waals surface area contributed by atoms with E-state index in [-0.39, 0.29) is 6.04 Å². The number of hydrogen-bond donors (Lipinski definition) is 2. The summed E-state index contributed by atoms with van der Waals surface area (Å²) in [5.74, 6) is 0.762. The fourth-order valence-corrected chi connectivity index (χ4v) is 1.24. The van der Waals surface area contributed by atoms with Crippen molar-refractivity contribution in [2.75, 3.05) is 20.1 Å². The summed E-state index contributed by atoms with van der Waals surface area (Å²) in [6, 6.07) is 2.26. The standard InChI is InChI=1S/C9H16N4O/c1-7(3-4-10)13(2)9-11-5-8(14)6-12-9/h7-8,14H,3,5-6H2,1-2H3,(H,11,12). The SMILES string of the molecule is CC(CC#N)N(C)C1=NCC(O)CN1. The van der Waals surface area contributed by atoms with Gasteiger partial charge in [-0.05, 0) is 6.92 Å². The molecule has 0 aromatic heterocycles. The molecule has 2 unspecified atom stereocenters. The highest BCUT2D eigenvalue weighted by atomic mass is 16.3. The highest BCUT2D eigenvalue weighted by Gasteiger charge is 2.18. The van der Waals surface area contributed by atoms with Crippen LogP contribution < -0.4 is 5.32 Å². The summed E-state index contributed by atoms with van der Waals surface area (Å²) < 4.78 is 0. The van der Waals surface area contributed by atoms with Crippen molar-refractivity contribution in [3.8, 4) is 6.07 Å². The maximum absolute atomic E-state index is 9.21. The largest absolute Gasteiger partial charge is 0.389 e. The molecular formula is C9H16N4O. The van der Waals surface area contributed by atoms with Gasteiger partial charge in [0.05, 0.1) is 25.1 Å². The molecule has 2 N–H and O–H groups in total. The summed E-state index contributed by atoms with van der Waals surface area (Å²) in [7, 11) is 1.89. The van der Waals surface area contributed by atoms with Crippen LogP contribution in [0.1, 0.15) is 13.3 Å². The molecule has 0 saturated heterocycles. The number of hydrogen-bond acceptors (Lipinski definition) is 5. The van der Waals surface area contributed by atoms with Crippen LogP contribution in [0, 0.1) is 11.3 Å². The molecule has 0 spiro atoms. The Hall–Kier alpha value is -1.28. The monoisotopic (exact) mass is 196 g/mol. The van der Waals surface area contributed by atoms with Crippen LogP contribution >= 0.6 is 0 Å². The van der Waals surface area contributed by atoms with E-state index in [1.807, 2.05) is 18.9 Å². The molecule has 0 radical (unpaired) electrons. The average molecular weight is 196 g/mol. The molecule has 5 nitrogen and oxygen atoms in total. The molecule has 0 aromatic rings. The van der Waals surface area contributed by atoms with Crippen LogP contribution in [0.3, 0.4) is 0 Å². The van der Waals surface area contributed by atoms with Crippen molar-refractivity contribution in [3.05, 3.63) is 0 Å². The summed E-state index contributed by atoms with van der Waals surface area (Å²) in [5.41, 5.74) is 0. The van der Waals surface area contributed by atoms with Crippen LogP contribution in [0.5, 0.6) is 0 Å². The third-order valence-electron chi connectivity index (χ3n) is 2.33. The topological polar surface area (TPSA) is 71.7 Å². The van der Waals surface area contributed by atoms with Gasteiger partial charge in [0.25, 0.3) is 0 Å². The Labute approximate surface area is 84.0 Å². The first kappa shape index (κ1) is 10.8. The van der Waals surface area contributed by atoms with Crippen LogP contribution in [-0.2, 0) is 0 Å². The minimum Gasteiger partial charge on any atom is -0.389 e. The normalized spacial score (nSPS) is 23.0. The molecule has 1 heterocycles. The fourth-order valence-electron chi connectivity index (χ4n) is 1.24. The van der Waals surface area contributed by atoms with Crippen LogP contribution in [0.4, 0.5) is 0 Å². The molecule has 0 aliphatic carbocycles. The Kier molecular flexibility index (Phi) is 3.72. The number of aliphatic hydroxyl groups excluding tert-OH is 1. The fraction of sp³-hybridized carbons (Fsp3) is 0.778. The van der Waals surface area contributed by atoms with Crippen LogP contribution in [0.15, 0.2) is 4.99 Å². The van der Waals surface area contributed by atoms with Gasteiger partial charge in [0.2, 0.25) is 0 Å². The molecule has 0 fully saturated rings. The van der Waals surface area contributed by atoms with E-state index in [1.54, 1.807) is 0 Å². The number of nitriles is 1. The van der Waals surface area contributed by atoms with Gasteiger partial charge in [-0.3, -0.25) is 4.99 Å². The Balaban J connectivity index is 2.53. The number of guanidine groups is 1. The van der Waals surface area contributed by atoms with Gasteiger partial charge < -0.3 is 15.3 Å². The van der Waals surface area contributed by atoms with Crippen molar-refractivity contribution in [2.45, 2.75) is 25.5 Å². The maximum Gasteiger partial charge on any atom is 0.194 e. The van der Waals surface area contributed by atoms with Gasteiger partial charge in [-0.25, -0.2) is 0 Å². The summed E-state index contributed by atoms with van der Waals surface area (Å²) in [5, 5.41) is 20.8. The van der Waals surface area contributed by atoms with Crippen LogP contribution in [-0.4, -0.2) is 48.2 Å². The lowest BCUT2D eigenvalue weighted by atomic mass is 10.2. The lowest BCUT2D eigenvalue weighted by Crippen LogP contribution is -2.49. The zero-order valence-electron chi connectivity index (χ0n) is 8.56. The zero-order chi connectivity index (χ0) is 10.6. The van der Waals surface area contributed by atoms with Crippen molar-refractivity contribution >= 4 is 5.96 Å². The predicted molar refractivity (Wildman–Crippen MR) is 53.8 cm³/mol. The Bertz CT molecular complexity index is 258. The van der Waals surface area contributed by atoms with Gasteiger partial charge in [-0.1, -0.05) is 0 Å². The highest BCUT2D eigenvalue weighted by molar-refractivity contribution is 5.80. The summed E-state index contributed by atoms with van der Waals surface area (Å²) in [6.07, 6.45) is 0.0816. The number of aliphatic hydroxyl groups is 1. The van der Waals surface area contributed by atoms with Gasteiger partial charge in [-0.15, -0.1) is 0 Å². The van der Waals surface area contributed by atoms with Crippen molar-refractivity contribution in [2.24, 2.45) is 4.99 Å². The quantitative estimate of drug-likeness (QED) is 0.627. The summed E-state index contributed by atoms with van der Waals surface area (Å²) in [4.78, 5) is 6.11. The molecule has 2 atom stereocenters. The summed E-state index contributed by atoms with van der Waals surface area (Å²) in [6.45, 7) is 2.94. The first-order valence-electron chi connectivity index (χ1n) is 4.71. The van der Waals surface area contributed by atoms with Gasteiger partial charge >= 0.3 is 0 Å². The van der Waals surface area contributed by atoms with E-state index >= 15 is 0 Å². The number of nitrogens with zero attached hydrogens (tertiary/aromatic N) is 3. The molecule has 1 rings (SSSR count). The van der Waals surface area contributed by atoms with Gasteiger partial charge in [0.1, 0.15) is 0 Å². The average Bonchev–Trinajstić information content (AvgIpc) is 2.18. The molecule has 78 valence electrons. The molecule has 1 aliphatic heterocycles. The smallest absolute Gasteiger partial charge is 0.194 e. The number of β-amino-alcohol motifs (C(OH)–C–C–N with tert-alkyl or cyclic N) is 1. The van der Waals surface area contributed by atoms with Crippen molar-refractivity contribution < 1.29 is 5.11 Å². The van der Waals surface area contributed by atoms with Gasteiger partial charge in [-0.2, -0.15) is 5.26 Å². The Morgan fingerprint density at radius 1 is 1.86 bits per heavy atom. The van der Waals surface area contributed by atoms with E-state index in [0.717, 1.165) is 5.96 Å². The minimum atomic E-state index is -0.390. The van der Waals surface area contributed by atoms with E-state index < -0.39 is 6.10 Å². The van der Waals surface area contributed by atoms with Crippen LogP contribution in [0.2, 0.25) is 0 Å². The molecule has 0 amide bonds. The number of aliphatic imine (C=N–C) groups is 1. The first-order chi connectivity index (χ1) is 6.65. The van der Waals surface area contributed by atoms with Crippen molar-refractivity contribution in [1.29, 1.82) is 5.26 Å². The van der Waals surface area contributed by atoms with Crippen molar-refractivity contribution in [1.82, 2.24) is 10.2 Å². The van der Waals surface area contributed by atoms with E-state index in [2.05, 4.69) is 16.4 Å². The first-order valence-corrected chi connectivity index (χ1v) is 4.71. The van der Waals surface area contributed by atoms with Gasteiger partial charge in [0, 0.05) is 19.6 Å². The molecule has 1 aliphatic rings. The minimum absolute atomic E-state index is 0.140. The van der Waals surface area contributed by atoms with E-state index in [0.29, 0.717) is 19.5 Å². The van der Waals surface area contributed by atoms with E-state index in [4.69, 9.17) is 5.26 Å². The second-order valence-electron chi connectivity index (χ2n) is 3.52. The van der Waals surface area contributed by atoms with Crippen molar-refractivity contribution in [3.63, 3.8) is 0 Å². The molecule has 14 heavy (non-hydrogen) atoms. The second-order valence-corrected chi connectivity index (χ2v) is 3.52. The summed E-state index contributed by atoms with van der Waals surface area (Å²) >= 11 is 0. The van der Waals surface area contributed by atoms with Gasteiger partial charge in [0.15, 0.2) is 5.96 Å². The lowest BCUT2D eigenvalue weighted by Gasteiger charge is -2.30. The number of nitrogens with one attached hydrogen (secondary N) is 1. The Morgan fingerprint density at radius 3 is 3.07 bits per heavy atom. The second kappa shape index (κ2) is 4.82. The highest BCUT2D eigenvalue weighted by Crippen LogP contribution is 2.03. The zero-order valence-corrected chi connectivity index (χ0v) is 8.56. The third kappa shape index (κ3) is 2.60. The van der Waals surface area contributed by atoms with Crippen LogP contribution in [0.25, 0.3) is 0 Å². The molecule has 0 bridgehead atoms. The molecular weight excluding hydrogens is 180 g/mol. The third-order valence-corrected chi connectivity index (χ3v) is 2.33. The molecule has 5 heteroatoms.